The van der Waals surface area contributed by atoms with Crippen molar-refractivity contribution in [3.05, 3.63) is 42.5 Å². The Balaban J connectivity index is 1.27. The summed E-state index contributed by atoms with van der Waals surface area (Å²) >= 11 is 0. The molecule has 0 aromatic heterocycles. The van der Waals surface area contributed by atoms with Gasteiger partial charge in [-0.3, -0.25) is 9.59 Å². The van der Waals surface area contributed by atoms with E-state index in [-0.39, 0.29) is 42.5 Å². The third-order valence-corrected chi connectivity index (χ3v) is 6.99. The molecule has 0 bridgehead atoms. The third-order valence-electron chi connectivity index (χ3n) is 5.47. The van der Waals surface area contributed by atoms with Gasteiger partial charge in [-0.1, -0.05) is 6.07 Å². The summed E-state index contributed by atoms with van der Waals surface area (Å²) < 4.78 is 38.1. The lowest BCUT2D eigenvalue weighted by molar-refractivity contribution is -0.122. The fraction of sp³-hybridized carbons (Fsp3) is 0.333. The van der Waals surface area contributed by atoms with Crippen LogP contribution in [0.4, 0.5) is 11.4 Å². The Bertz CT molecular complexity index is 1160. The largest absolute Gasteiger partial charge is 0.454 e. The molecule has 2 aromatic carbocycles. The molecular formula is C21H21N3O6S. The number of fused-ring (bicyclic) bond motifs is 1. The maximum absolute atomic E-state index is 12.8. The number of carbonyl (C=O) groups is 2. The van der Waals surface area contributed by atoms with Crippen molar-refractivity contribution < 1.29 is 27.5 Å². The molecule has 3 aliphatic rings. The van der Waals surface area contributed by atoms with Crippen molar-refractivity contribution in [2.24, 2.45) is 5.92 Å². The zero-order valence-electron chi connectivity index (χ0n) is 16.5. The molecule has 10 heteroatoms. The van der Waals surface area contributed by atoms with Crippen molar-refractivity contribution >= 4 is 33.2 Å². The van der Waals surface area contributed by atoms with Crippen LogP contribution in [0.3, 0.4) is 0 Å². The van der Waals surface area contributed by atoms with E-state index in [9.17, 15) is 18.0 Å². The standard InChI is InChI=1S/C21H21N3O6S/c25-20-8-13(11-24(20)16-6-7-18-19(10-16)30-12-29-18)21(26)22-15-2-1-3-17(9-15)31(27,28)23-14-4-5-14/h1-3,6-7,9-10,13-14,23H,4-5,8,11-12H2,(H,22,26). The molecule has 0 spiro atoms. The second-order valence-electron chi connectivity index (χ2n) is 7.86. The highest BCUT2D eigenvalue weighted by atomic mass is 32.2. The molecule has 2 aromatic rings. The van der Waals surface area contributed by atoms with Crippen LogP contribution >= 0.6 is 0 Å². The average Bonchev–Trinajstić information content (AvgIpc) is 3.26. The fourth-order valence-corrected chi connectivity index (χ4v) is 5.01. The minimum atomic E-state index is -3.62. The van der Waals surface area contributed by atoms with Crippen LogP contribution in [0.5, 0.6) is 11.5 Å². The van der Waals surface area contributed by atoms with Gasteiger partial charge in [0.15, 0.2) is 11.5 Å². The normalized spacial score (nSPS) is 20.2. The third kappa shape index (κ3) is 4.08. The molecule has 162 valence electrons. The number of ether oxygens (including phenoxy) is 2. The van der Waals surface area contributed by atoms with Gasteiger partial charge < -0.3 is 19.7 Å². The molecule has 1 unspecified atom stereocenters. The smallest absolute Gasteiger partial charge is 0.240 e. The highest BCUT2D eigenvalue weighted by Gasteiger charge is 2.36. The van der Waals surface area contributed by atoms with E-state index in [0.29, 0.717) is 22.9 Å². The molecule has 1 saturated carbocycles. The lowest BCUT2D eigenvalue weighted by Crippen LogP contribution is -2.28. The van der Waals surface area contributed by atoms with Gasteiger partial charge in [0.2, 0.25) is 28.6 Å². The summed E-state index contributed by atoms with van der Waals surface area (Å²) in [4.78, 5) is 26.9. The lowest BCUT2D eigenvalue weighted by Gasteiger charge is -2.17. The first-order valence-electron chi connectivity index (χ1n) is 10.0. The number of benzene rings is 2. The summed E-state index contributed by atoms with van der Waals surface area (Å²) in [5.41, 5.74) is 1.02. The Kier molecular flexibility index (Phi) is 4.82. The van der Waals surface area contributed by atoms with E-state index in [0.717, 1.165) is 12.8 Å². The van der Waals surface area contributed by atoms with Crippen molar-refractivity contribution in [2.45, 2.75) is 30.2 Å². The van der Waals surface area contributed by atoms with Gasteiger partial charge in [0, 0.05) is 36.4 Å². The second kappa shape index (κ2) is 7.54. The van der Waals surface area contributed by atoms with E-state index >= 15 is 0 Å². The van der Waals surface area contributed by atoms with Gasteiger partial charge in [0.1, 0.15) is 0 Å². The highest BCUT2D eigenvalue weighted by Crippen LogP contribution is 2.37. The predicted octanol–water partition coefficient (Wildman–Crippen LogP) is 1.85. The zero-order chi connectivity index (χ0) is 21.6. The van der Waals surface area contributed by atoms with Crippen molar-refractivity contribution in [3.63, 3.8) is 0 Å². The molecule has 1 atom stereocenters. The van der Waals surface area contributed by atoms with Crippen LogP contribution in [0.1, 0.15) is 19.3 Å². The van der Waals surface area contributed by atoms with Gasteiger partial charge in [0.05, 0.1) is 10.8 Å². The summed E-state index contributed by atoms with van der Waals surface area (Å²) in [6, 6.07) is 11.3. The number of hydrogen-bond acceptors (Lipinski definition) is 6. The van der Waals surface area contributed by atoms with Gasteiger partial charge in [-0.05, 0) is 43.2 Å². The van der Waals surface area contributed by atoms with Crippen molar-refractivity contribution in [1.29, 1.82) is 0 Å². The molecule has 5 rings (SSSR count). The Hall–Kier alpha value is -3.11. The molecule has 2 aliphatic heterocycles. The summed E-state index contributed by atoms with van der Waals surface area (Å²) in [7, 11) is -3.62. The summed E-state index contributed by atoms with van der Waals surface area (Å²) in [5, 5.41) is 2.74. The number of carbonyl (C=O) groups excluding carboxylic acids is 2. The number of hydrogen-bond donors (Lipinski definition) is 2. The molecular weight excluding hydrogens is 422 g/mol. The van der Waals surface area contributed by atoms with Crippen LogP contribution < -0.4 is 24.4 Å². The Labute approximate surface area is 179 Å². The van der Waals surface area contributed by atoms with Crippen LogP contribution in [0.25, 0.3) is 0 Å². The molecule has 0 radical (unpaired) electrons. The van der Waals surface area contributed by atoms with Crippen LogP contribution in [-0.4, -0.2) is 39.6 Å². The fourth-order valence-electron chi connectivity index (χ4n) is 3.66. The average molecular weight is 443 g/mol. The van der Waals surface area contributed by atoms with Gasteiger partial charge in [-0.2, -0.15) is 0 Å². The van der Waals surface area contributed by atoms with E-state index < -0.39 is 15.9 Å². The van der Waals surface area contributed by atoms with E-state index in [2.05, 4.69) is 10.0 Å². The molecule has 31 heavy (non-hydrogen) atoms. The minimum Gasteiger partial charge on any atom is -0.454 e. The monoisotopic (exact) mass is 443 g/mol. The van der Waals surface area contributed by atoms with Crippen LogP contribution in [0.2, 0.25) is 0 Å². The van der Waals surface area contributed by atoms with Gasteiger partial charge in [-0.15, -0.1) is 0 Å². The predicted molar refractivity (Wildman–Crippen MR) is 111 cm³/mol. The van der Waals surface area contributed by atoms with Gasteiger partial charge in [0.25, 0.3) is 0 Å². The number of sulfonamides is 1. The first-order valence-corrected chi connectivity index (χ1v) is 11.5. The van der Waals surface area contributed by atoms with E-state index in [1.807, 2.05) is 0 Å². The SMILES string of the molecule is O=C(Nc1cccc(S(=O)(=O)NC2CC2)c1)C1CC(=O)N(c2ccc3c(c2)OCO3)C1. The van der Waals surface area contributed by atoms with Crippen molar-refractivity contribution in [3.8, 4) is 11.5 Å². The number of amides is 2. The first kappa shape index (κ1) is 19.8. The number of nitrogens with zero attached hydrogens (tertiary/aromatic N) is 1. The second-order valence-corrected chi connectivity index (χ2v) is 9.57. The van der Waals surface area contributed by atoms with Crippen LogP contribution in [0, 0.1) is 5.92 Å². The Morgan fingerprint density at radius 3 is 2.68 bits per heavy atom. The minimum absolute atomic E-state index is 0.00471. The molecule has 9 nitrogen and oxygen atoms in total. The molecule has 1 aliphatic carbocycles. The van der Waals surface area contributed by atoms with E-state index in [1.165, 1.54) is 12.1 Å². The highest BCUT2D eigenvalue weighted by molar-refractivity contribution is 7.89. The zero-order valence-corrected chi connectivity index (χ0v) is 17.4. The molecule has 2 fully saturated rings. The van der Waals surface area contributed by atoms with Gasteiger partial charge >= 0.3 is 0 Å². The first-order chi connectivity index (χ1) is 14.9. The number of rotatable bonds is 6. The molecule has 2 heterocycles. The maximum atomic E-state index is 12.8. The van der Waals surface area contributed by atoms with Crippen molar-refractivity contribution in [2.75, 3.05) is 23.6 Å². The van der Waals surface area contributed by atoms with E-state index in [1.54, 1.807) is 35.2 Å². The van der Waals surface area contributed by atoms with Crippen molar-refractivity contribution in [1.82, 2.24) is 4.72 Å². The van der Waals surface area contributed by atoms with E-state index in [4.69, 9.17) is 9.47 Å². The number of nitrogens with one attached hydrogen (secondary N) is 2. The maximum Gasteiger partial charge on any atom is 0.240 e. The molecule has 1 saturated heterocycles. The summed E-state index contributed by atoms with van der Waals surface area (Å²) in [6.07, 6.45) is 1.75. The quantitative estimate of drug-likeness (QED) is 0.704. The summed E-state index contributed by atoms with van der Waals surface area (Å²) in [6.45, 7) is 0.369. The van der Waals surface area contributed by atoms with Gasteiger partial charge in [-0.25, -0.2) is 13.1 Å². The van der Waals surface area contributed by atoms with Crippen LogP contribution in [-0.2, 0) is 19.6 Å². The Morgan fingerprint density at radius 1 is 1.06 bits per heavy atom. The Morgan fingerprint density at radius 2 is 1.87 bits per heavy atom. The number of anilines is 2. The molecule has 2 amide bonds. The lowest BCUT2D eigenvalue weighted by atomic mass is 10.1. The van der Waals surface area contributed by atoms with Crippen LogP contribution in [0.15, 0.2) is 47.4 Å². The molecule has 2 N–H and O–H groups in total. The topological polar surface area (TPSA) is 114 Å². The summed E-state index contributed by atoms with van der Waals surface area (Å²) in [5.74, 6) is 0.139.